The fraction of sp³-hybridized carbons (Fsp3) is 0.318. The van der Waals surface area contributed by atoms with Crippen molar-refractivity contribution in [3.05, 3.63) is 42.5 Å². The number of nitrogens with one attached hydrogen (secondary N) is 2. The molecule has 0 saturated carbocycles. The van der Waals surface area contributed by atoms with Gasteiger partial charge in [0.05, 0.1) is 17.3 Å². The number of aromatic nitrogens is 1. The van der Waals surface area contributed by atoms with Crippen LogP contribution in [0.4, 0.5) is 11.4 Å². The maximum absolute atomic E-state index is 12.6. The van der Waals surface area contributed by atoms with Crippen molar-refractivity contribution in [2.45, 2.75) is 25.6 Å². The maximum atomic E-state index is 12.6. The third-order valence-corrected chi connectivity index (χ3v) is 5.89. The first-order valence-corrected chi connectivity index (χ1v) is 9.73. The van der Waals surface area contributed by atoms with Gasteiger partial charge >= 0.3 is 0 Å². The highest BCUT2D eigenvalue weighted by molar-refractivity contribution is 5.98. The van der Waals surface area contributed by atoms with E-state index in [9.17, 15) is 4.79 Å². The van der Waals surface area contributed by atoms with E-state index in [-0.39, 0.29) is 11.9 Å². The van der Waals surface area contributed by atoms with Gasteiger partial charge in [-0.15, -0.1) is 0 Å². The number of hydrogen-bond acceptors (Lipinski definition) is 4. The number of carbonyl (C=O) groups excluding carboxylic acids is 1. The van der Waals surface area contributed by atoms with Crippen molar-refractivity contribution in [2.75, 3.05) is 31.3 Å². The first-order chi connectivity index (χ1) is 13.6. The van der Waals surface area contributed by atoms with Crippen molar-refractivity contribution in [3.8, 4) is 17.0 Å². The summed E-state index contributed by atoms with van der Waals surface area (Å²) in [5.74, 6) is 0.969. The van der Waals surface area contributed by atoms with Crippen molar-refractivity contribution in [3.63, 3.8) is 0 Å². The van der Waals surface area contributed by atoms with Crippen molar-refractivity contribution in [1.29, 1.82) is 0 Å². The average Bonchev–Trinajstić information content (AvgIpc) is 3.30. The molecule has 0 bridgehead atoms. The molecular weight excluding hydrogens is 352 g/mol. The molecule has 6 heteroatoms. The highest BCUT2D eigenvalue weighted by Gasteiger charge is 2.28. The molecule has 1 fully saturated rings. The smallest absolute Gasteiger partial charge is 0.241 e. The Balaban J connectivity index is 1.48. The molecule has 0 radical (unpaired) electrons. The van der Waals surface area contributed by atoms with Crippen LogP contribution < -0.4 is 15.4 Å². The Morgan fingerprint density at radius 2 is 2.00 bits per heavy atom. The monoisotopic (exact) mass is 376 g/mol. The molecule has 1 unspecified atom stereocenters. The molecule has 1 saturated heterocycles. The van der Waals surface area contributed by atoms with E-state index in [0.717, 1.165) is 58.7 Å². The van der Waals surface area contributed by atoms with Gasteiger partial charge in [0.2, 0.25) is 5.91 Å². The highest BCUT2D eigenvalue weighted by Crippen LogP contribution is 2.40. The second kappa shape index (κ2) is 6.56. The Morgan fingerprint density at radius 1 is 1.14 bits per heavy atom. The van der Waals surface area contributed by atoms with Gasteiger partial charge in [-0.3, -0.25) is 9.69 Å². The molecule has 1 amide bonds. The van der Waals surface area contributed by atoms with E-state index in [1.807, 2.05) is 26.2 Å². The molecule has 5 rings (SSSR count). The van der Waals surface area contributed by atoms with Crippen molar-refractivity contribution in [2.24, 2.45) is 0 Å². The van der Waals surface area contributed by atoms with Gasteiger partial charge in [-0.25, -0.2) is 0 Å². The Hall–Kier alpha value is -2.99. The Labute approximate surface area is 164 Å². The summed E-state index contributed by atoms with van der Waals surface area (Å²) in [4.78, 5) is 14.7. The van der Waals surface area contributed by atoms with Gasteiger partial charge in [-0.1, -0.05) is 0 Å². The molecule has 1 atom stereocenters. The zero-order valence-electron chi connectivity index (χ0n) is 16.2. The summed E-state index contributed by atoms with van der Waals surface area (Å²) in [6.07, 6.45) is 2.00. The number of nitrogens with zero attached hydrogens (tertiary/aromatic N) is 2. The predicted octanol–water partition coefficient (Wildman–Crippen LogP) is 3.73. The molecule has 2 aliphatic heterocycles. The molecule has 144 valence electrons. The minimum atomic E-state index is -0.0282. The van der Waals surface area contributed by atoms with Crippen LogP contribution in [0.1, 0.15) is 12.8 Å². The number of carbonyl (C=O) groups is 1. The molecule has 0 aliphatic carbocycles. The summed E-state index contributed by atoms with van der Waals surface area (Å²) < 4.78 is 8.15. The first-order valence-electron chi connectivity index (χ1n) is 9.73. The third kappa shape index (κ3) is 2.72. The molecule has 3 heterocycles. The molecule has 6 nitrogen and oxygen atoms in total. The molecule has 2 N–H and O–H groups in total. The zero-order chi connectivity index (χ0) is 19.3. The maximum Gasteiger partial charge on any atom is 0.241 e. The number of likely N-dealkylation sites (tertiary alicyclic amines) is 1. The largest absolute Gasteiger partial charge is 0.472 e. The Bertz CT molecular complexity index is 1070. The highest BCUT2D eigenvalue weighted by atomic mass is 16.5. The van der Waals surface area contributed by atoms with Gasteiger partial charge in [0, 0.05) is 35.4 Å². The van der Waals surface area contributed by atoms with Gasteiger partial charge in [0.25, 0.3) is 0 Å². The number of fused-ring (bicyclic) bond motifs is 5. The minimum Gasteiger partial charge on any atom is -0.472 e. The Morgan fingerprint density at radius 3 is 2.79 bits per heavy atom. The summed E-state index contributed by atoms with van der Waals surface area (Å²) >= 11 is 0. The quantitative estimate of drug-likeness (QED) is 0.731. The average molecular weight is 376 g/mol. The lowest BCUT2D eigenvalue weighted by Crippen LogP contribution is -2.37. The molecule has 28 heavy (non-hydrogen) atoms. The van der Waals surface area contributed by atoms with E-state index in [1.54, 1.807) is 0 Å². The van der Waals surface area contributed by atoms with E-state index in [2.05, 4.69) is 50.4 Å². The van der Waals surface area contributed by atoms with Gasteiger partial charge in [0.1, 0.15) is 5.75 Å². The van der Waals surface area contributed by atoms with Crippen LogP contribution in [0.25, 0.3) is 22.2 Å². The molecule has 2 aromatic carbocycles. The standard InChI is InChI=1S/C22H24N4O2/c1-23-15-5-7-17-20-11-14-10-16(24-22(27)19-4-3-9-25(19)2)6-8-18(14)26(20)13-28-21(17)12-15/h5-8,10-12,19,23H,3-4,9,13H2,1-2H3,(H,24,27). The second-order valence-corrected chi connectivity index (χ2v) is 7.59. The second-order valence-electron chi connectivity index (χ2n) is 7.59. The van der Waals surface area contributed by atoms with E-state index in [0.29, 0.717) is 6.73 Å². The fourth-order valence-corrected chi connectivity index (χ4v) is 4.32. The molecule has 3 aromatic rings. The predicted molar refractivity (Wildman–Crippen MR) is 112 cm³/mol. The van der Waals surface area contributed by atoms with Crippen LogP contribution in [-0.4, -0.2) is 42.1 Å². The normalized spacial score (nSPS) is 18.4. The van der Waals surface area contributed by atoms with Crippen LogP contribution >= 0.6 is 0 Å². The molecule has 2 aliphatic rings. The van der Waals surface area contributed by atoms with Gasteiger partial charge < -0.3 is 19.9 Å². The molecular formula is C22H24N4O2. The fourth-order valence-electron chi connectivity index (χ4n) is 4.32. The minimum absolute atomic E-state index is 0.0282. The van der Waals surface area contributed by atoms with Crippen molar-refractivity contribution < 1.29 is 9.53 Å². The van der Waals surface area contributed by atoms with Crippen LogP contribution in [0.2, 0.25) is 0 Å². The third-order valence-electron chi connectivity index (χ3n) is 5.89. The van der Waals surface area contributed by atoms with Gasteiger partial charge in [-0.2, -0.15) is 0 Å². The van der Waals surface area contributed by atoms with E-state index < -0.39 is 0 Å². The summed E-state index contributed by atoms with van der Waals surface area (Å²) in [5.41, 5.74) is 5.20. The van der Waals surface area contributed by atoms with E-state index >= 15 is 0 Å². The van der Waals surface area contributed by atoms with E-state index in [1.165, 1.54) is 0 Å². The number of rotatable bonds is 3. The number of hydrogen-bond donors (Lipinski definition) is 2. The lowest BCUT2D eigenvalue weighted by atomic mass is 10.1. The van der Waals surface area contributed by atoms with Crippen LogP contribution in [0.15, 0.2) is 42.5 Å². The van der Waals surface area contributed by atoms with E-state index in [4.69, 9.17) is 4.74 Å². The van der Waals surface area contributed by atoms with Gasteiger partial charge in [0.15, 0.2) is 6.73 Å². The van der Waals surface area contributed by atoms with Gasteiger partial charge in [-0.05, 0) is 62.8 Å². The molecule has 0 spiro atoms. The number of anilines is 2. The molecule has 1 aromatic heterocycles. The summed E-state index contributed by atoms with van der Waals surface area (Å²) in [7, 11) is 3.92. The van der Waals surface area contributed by atoms with Crippen LogP contribution in [-0.2, 0) is 11.5 Å². The van der Waals surface area contributed by atoms with Crippen molar-refractivity contribution in [1.82, 2.24) is 9.47 Å². The lowest BCUT2D eigenvalue weighted by Gasteiger charge is -2.21. The van der Waals surface area contributed by atoms with Crippen molar-refractivity contribution >= 4 is 28.2 Å². The number of ether oxygens (including phenoxy) is 1. The number of likely N-dealkylation sites (N-methyl/N-ethyl adjacent to an activating group) is 1. The summed E-state index contributed by atoms with van der Waals surface area (Å²) in [6, 6.07) is 14.4. The topological polar surface area (TPSA) is 58.5 Å². The SMILES string of the molecule is CNc1ccc2c(c1)OCn1c-2cc2cc(NC(=O)C3CCCN3C)ccc21. The number of benzene rings is 2. The number of amides is 1. The Kier molecular flexibility index (Phi) is 4.02. The van der Waals surface area contributed by atoms with Crippen LogP contribution in [0, 0.1) is 0 Å². The van der Waals surface area contributed by atoms with Crippen LogP contribution in [0.3, 0.4) is 0 Å². The lowest BCUT2D eigenvalue weighted by molar-refractivity contribution is -0.119. The zero-order valence-corrected chi connectivity index (χ0v) is 16.2. The summed E-state index contributed by atoms with van der Waals surface area (Å²) in [5, 5.41) is 7.34. The summed E-state index contributed by atoms with van der Waals surface area (Å²) in [6.45, 7) is 1.47. The van der Waals surface area contributed by atoms with Crippen LogP contribution in [0.5, 0.6) is 5.75 Å². The first kappa shape index (κ1) is 17.1.